The van der Waals surface area contributed by atoms with Crippen molar-refractivity contribution in [3.63, 3.8) is 0 Å². The Bertz CT molecular complexity index is 365. The van der Waals surface area contributed by atoms with Crippen LogP contribution in [-0.2, 0) is 6.54 Å². The Morgan fingerprint density at radius 1 is 1.35 bits per heavy atom. The van der Waals surface area contributed by atoms with Crippen molar-refractivity contribution >= 4 is 11.3 Å². The monoisotopic (exact) mass is 267 g/mol. The van der Waals surface area contributed by atoms with Gasteiger partial charge in [-0.1, -0.05) is 11.3 Å². The van der Waals surface area contributed by atoms with Gasteiger partial charge in [-0.25, -0.2) is 0 Å². The second-order valence-corrected chi connectivity index (χ2v) is 4.86. The first-order chi connectivity index (χ1) is 8.03. The topological polar surface area (TPSA) is 47.0 Å². The van der Waals surface area contributed by atoms with E-state index in [1.54, 1.807) is 0 Å². The van der Waals surface area contributed by atoms with Gasteiger partial charge in [-0.3, -0.25) is 0 Å². The van der Waals surface area contributed by atoms with Gasteiger partial charge < -0.3 is 10.1 Å². The molecule has 0 radical (unpaired) electrons. The summed E-state index contributed by atoms with van der Waals surface area (Å²) in [6, 6.07) is 0.563. The third-order valence-electron chi connectivity index (χ3n) is 2.18. The quantitative estimate of drug-likeness (QED) is 0.857. The van der Waals surface area contributed by atoms with E-state index in [0.717, 1.165) is 5.01 Å². The molecule has 4 nitrogen and oxygen atoms in total. The lowest BCUT2D eigenvalue weighted by Gasteiger charge is -2.05. The molecule has 17 heavy (non-hydrogen) atoms. The Balaban J connectivity index is 1.69. The molecule has 0 spiro atoms. The number of aromatic nitrogens is 2. The van der Waals surface area contributed by atoms with Gasteiger partial charge in [-0.05, 0) is 12.8 Å². The van der Waals surface area contributed by atoms with Gasteiger partial charge in [0.05, 0.1) is 19.6 Å². The SMILES string of the molecule is FC(F)(F)CCOc1nnc(CNC2CC2)s1. The molecule has 1 aliphatic rings. The lowest BCUT2D eigenvalue weighted by Crippen LogP contribution is -2.14. The lowest BCUT2D eigenvalue weighted by molar-refractivity contribution is -0.139. The van der Waals surface area contributed by atoms with E-state index >= 15 is 0 Å². The van der Waals surface area contributed by atoms with Gasteiger partial charge in [-0.2, -0.15) is 13.2 Å². The number of hydrogen-bond acceptors (Lipinski definition) is 5. The molecule has 1 N–H and O–H groups in total. The molecule has 0 saturated heterocycles. The van der Waals surface area contributed by atoms with Gasteiger partial charge in [0.25, 0.3) is 5.19 Å². The normalized spacial score (nSPS) is 16.2. The minimum Gasteiger partial charge on any atom is -0.469 e. The summed E-state index contributed by atoms with van der Waals surface area (Å²) < 4.78 is 40.5. The summed E-state index contributed by atoms with van der Waals surface area (Å²) in [5.41, 5.74) is 0. The van der Waals surface area contributed by atoms with E-state index in [4.69, 9.17) is 4.74 Å². The third-order valence-corrected chi connectivity index (χ3v) is 3.01. The fourth-order valence-electron chi connectivity index (χ4n) is 1.14. The average molecular weight is 267 g/mol. The summed E-state index contributed by atoms with van der Waals surface area (Å²) in [5.74, 6) is 0. The van der Waals surface area contributed by atoms with E-state index in [2.05, 4.69) is 15.5 Å². The van der Waals surface area contributed by atoms with Crippen LogP contribution in [0.2, 0.25) is 0 Å². The van der Waals surface area contributed by atoms with Gasteiger partial charge in [0, 0.05) is 6.04 Å². The molecule has 1 saturated carbocycles. The molecule has 0 aromatic carbocycles. The fourth-order valence-corrected chi connectivity index (χ4v) is 1.80. The van der Waals surface area contributed by atoms with E-state index < -0.39 is 19.2 Å². The largest absolute Gasteiger partial charge is 0.469 e. The van der Waals surface area contributed by atoms with E-state index in [1.165, 1.54) is 24.2 Å². The van der Waals surface area contributed by atoms with Crippen LogP contribution in [0, 0.1) is 0 Å². The minimum absolute atomic E-state index is 0.196. The van der Waals surface area contributed by atoms with Gasteiger partial charge in [0.1, 0.15) is 5.01 Å². The van der Waals surface area contributed by atoms with Crippen LogP contribution in [0.1, 0.15) is 24.3 Å². The average Bonchev–Trinajstić information content (AvgIpc) is 2.95. The van der Waals surface area contributed by atoms with Crippen LogP contribution in [0.15, 0.2) is 0 Å². The summed E-state index contributed by atoms with van der Waals surface area (Å²) in [4.78, 5) is 0. The fraction of sp³-hybridized carbons (Fsp3) is 0.778. The summed E-state index contributed by atoms with van der Waals surface area (Å²) in [7, 11) is 0. The molecule has 1 aromatic heterocycles. The molecule has 0 atom stereocenters. The predicted molar refractivity (Wildman–Crippen MR) is 55.9 cm³/mol. The van der Waals surface area contributed by atoms with Crippen molar-refractivity contribution in [1.82, 2.24) is 15.5 Å². The van der Waals surface area contributed by atoms with Crippen molar-refractivity contribution in [2.24, 2.45) is 0 Å². The zero-order chi connectivity index (χ0) is 12.3. The maximum absolute atomic E-state index is 11.9. The molecule has 1 heterocycles. The zero-order valence-electron chi connectivity index (χ0n) is 8.96. The van der Waals surface area contributed by atoms with Gasteiger partial charge in [-0.15, -0.1) is 10.2 Å². The molecule has 0 unspecified atom stereocenters. The molecule has 1 aliphatic carbocycles. The van der Waals surface area contributed by atoms with Gasteiger partial charge in [0.2, 0.25) is 0 Å². The van der Waals surface area contributed by atoms with E-state index in [-0.39, 0.29) is 5.19 Å². The third kappa shape index (κ3) is 4.86. The number of hydrogen-bond donors (Lipinski definition) is 1. The molecule has 8 heteroatoms. The maximum atomic E-state index is 11.9. The van der Waals surface area contributed by atoms with Crippen LogP contribution >= 0.6 is 11.3 Å². The Morgan fingerprint density at radius 3 is 2.76 bits per heavy atom. The Hall–Kier alpha value is -0.890. The first-order valence-electron chi connectivity index (χ1n) is 5.28. The maximum Gasteiger partial charge on any atom is 0.392 e. The molecule has 96 valence electrons. The molecule has 0 amide bonds. The van der Waals surface area contributed by atoms with Crippen molar-refractivity contribution in [3.05, 3.63) is 5.01 Å². The summed E-state index contributed by atoms with van der Waals surface area (Å²) in [6.07, 6.45) is -2.81. The molecule has 0 bridgehead atoms. The van der Waals surface area contributed by atoms with Crippen molar-refractivity contribution in [2.75, 3.05) is 6.61 Å². The van der Waals surface area contributed by atoms with Crippen LogP contribution in [0.5, 0.6) is 5.19 Å². The first kappa shape index (κ1) is 12.6. The Morgan fingerprint density at radius 2 is 2.12 bits per heavy atom. The summed E-state index contributed by atoms with van der Waals surface area (Å²) in [5, 5.41) is 11.7. The van der Waals surface area contributed by atoms with Crippen molar-refractivity contribution < 1.29 is 17.9 Å². The van der Waals surface area contributed by atoms with E-state index in [0.29, 0.717) is 12.6 Å². The van der Waals surface area contributed by atoms with Crippen LogP contribution in [0.3, 0.4) is 0 Å². The smallest absolute Gasteiger partial charge is 0.392 e. The number of nitrogens with zero attached hydrogens (tertiary/aromatic N) is 2. The van der Waals surface area contributed by atoms with Gasteiger partial charge in [0.15, 0.2) is 0 Å². The minimum atomic E-state index is -4.19. The van der Waals surface area contributed by atoms with E-state index in [1.807, 2.05) is 0 Å². The Kier molecular flexibility index (Phi) is 3.82. The molecule has 0 aliphatic heterocycles. The highest BCUT2D eigenvalue weighted by Crippen LogP contribution is 2.23. The summed E-state index contributed by atoms with van der Waals surface area (Å²) >= 11 is 1.18. The second kappa shape index (κ2) is 5.18. The number of nitrogens with one attached hydrogen (secondary N) is 1. The molecular weight excluding hydrogens is 255 g/mol. The van der Waals surface area contributed by atoms with Crippen molar-refractivity contribution in [1.29, 1.82) is 0 Å². The second-order valence-electron chi connectivity index (χ2n) is 3.83. The van der Waals surface area contributed by atoms with Crippen LogP contribution in [0.25, 0.3) is 0 Å². The standard InChI is InChI=1S/C9H12F3N3OS/c10-9(11,12)3-4-16-8-15-14-7(17-8)5-13-6-1-2-6/h6,13H,1-5H2. The number of alkyl halides is 3. The highest BCUT2D eigenvalue weighted by Gasteiger charge is 2.27. The zero-order valence-corrected chi connectivity index (χ0v) is 9.77. The summed E-state index contributed by atoms with van der Waals surface area (Å²) in [6.45, 7) is 0.194. The molecular formula is C9H12F3N3OS. The van der Waals surface area contributed by atoms with Crippen LogP contribution in [0.4, 0.5) is 13.2 Å². The number of rotatable bonds is 6. The molecule has 1 aromatic rings. The van der Waals surface area contributed by atoms with Crippen molar-refractivity contribution in [2.45, 2.75) is 38.0 Å². The van der Waals surface area contributed by atoms with Gasteiger partial charge >= 0.3 is 6.18 Å². The van der Waals surface area contributed by atoms with E-state index in [9.17, 15) is 13.2 Å². The highest BCUT2D eigenvalue weighted by atomic mass is 32.1. The molecule has 2 rings (SSSR count). The van der Waals surface area contributed by atoms with Crippen LogP contribution < -0.4 is 10.1 Å². The first-order valence-corrected chi connectivity index (χ1v) is 6.10. The van der Waals surface area contributed by atoms with Crippen LogP contribution in [-0.4, -0.2) is 29.0 Å². The number of ether oxygens (including phenoxy) is 1. The predicted octanol–water partition coefficient (Wildman–Crippen LogP) is 2.12. The highest BCUT2D eigenvalue weighted by molar-refractivity contribution is 7.13. The lowest BCUT2D eigenvalue weighted by atomic mass is 10.4. The molecule has 1 fully saturated rings. The number of halogens is 3. The van der Waals surface area contributed by atoms with Crippen molar-refractivity contribution in [3.8, 4) is 5.19 Å². The Labute approximate surface area is 100 Å².